The minimum Gasteiger partial charge on any atom is -0.399 e. The highest BCUT2D eigenvalue weighted by Crippen LogP contribution is 2.08. The van der Waals surface area contributed by atoms with Gasteiger partial charge in [0.05, 0.1) is 0 Å². The third kappa shape index (κ3) is 9.74. The van der Waals surface area contributed by atoms with Crippen LogP contribution in [0.2, 0.25) is 12.6 Å². The molecule has 0 fully saturated rings. The van der Waals surface area contributed by atoms with Gasteiger partial charge in [-0.25, -0.2) is 0 Å². The zero-order valence-electron chi connectivity index (χ0n) is 11.3. The Balaban J connectivity index is 3.82. The van der Waals surface area contributed by atoms with E-state index < -0.39 is 0 Å². The van der Waals surface area contributed by atoms with Crippen LogP contribution in [0.4, 0.5) is 0 Å². The van der Waals surface area contributed by atoms with E-state index in [0.717, 1.165) is 6.32 Å². The van der Waals surface area contributed by atoms with Crippen LogP contribution in [0.15, 0.2) is 48.7 Å². The van der Waals surface area contributed by atoms with E-state index in [9.17, 15) is 0 Å². The molecule has 1 nitrogen and oxygen atoms in total. The molecule has 2 heteroatoms. The first-order valence-corrected chi connectivity index (χ1v) is 6.65. The van der Waals surface area contributed by atoms with Crippen molar-refractivity contribution >= 4 is 7.28 Å². The average Bonchev–Trinajstić information content (AvgIpc) is 2.36. The van der Waals surface area contributed by atoms with Gasteiger partial charge in [-0.15, -0.1) is 0 Å². The fourth-order valence-electron chi connectivity index (χ4n) is 1.63. The molecule has 0 amide bonds. The van der Waals surface area contributed by atoms with E-state index in [1.165, 1.54) is 44.9 Å². The Labute approximate surface area is 107 Å². The number of hydrogen-bond donors (Lipinski definition) is 1. The van der Waals surface area contributed by atoms with E-state index in [4.69, 9.17) is 5.73 Å². The van der Waals surface area contributed by atoms with Gasteiger partial charge in [0.2, 0.25) is 0 Å². The largest absolute Gasteiger partial charge is 0.399 e. The van der Waals surface area contributed by atoms with Gasteiger partial charge in [0.25, 0.3) is 0 Å². The first kappa shape index (κ1) is 15.8. The van der Waals surface area contributed by atoms with E-state index in [2.05, 4.69) is 20.1 Å². The van der Waals surface area contributed by atoms with Crippen molar-refractivity contribution in [2.75, 3.05) is 0 Å². The van der Waals surface area contributed by atoms with Crippen LogP contribution in [0.3, 0.4) is 0 Å². The summed E-state index contributed by atoms with van der Waals surface area (Å²) in [6, 6.07) is 0. The topological polar surface area (TPSA) is 26.0 Å². The van der Waals surface area contributed by atoms with Crippen molar-refractivity contribution in [1.29, 1.82) is 0 Å². The Morgan fingerprint density at radius 1 is 1.12 bits per heavy atom. The fraction of sp³-hybridized carbons (Fsp3) is 0.467. The monoisotopic (exact) mass is 231 g/mol. The molecule has 2 N–H and O–H groups in total. The van der Waals surface area contributed by atoms with Gasteiger partial charge in [-0.1, -0.05) is 76.1 Å². The van der Waals surface area contributed by atoms with Gasteiger partial charge in [0.15, 0.2) is 0 Å². The first-order chi connectivity index (χ1) is 8.24. The average molecular weight is 231 g/mol. The van der Waals surface area contributed by atoms with E-state index in [1.807, 2.05) is 18.2 Å². The molecular formula is C15H26BN. The molecule has 0 saturated carbocycles. The predicted octanol–water partition coefficient (Wildman–Crippen LogP) is 3.98. The Morgan fingerprint density at radius 2 is 1.88 bits per heavy atom. The number of allylic oxidation sites excluding steroid dienone is 5. The van der Waals surface area contributed by atoms with Crippen LogP contribution in [0.25, 0.3) is 0 Å². The number of hydrogen-bond acceptors (Lipinski definition) is 1. The van der Waals surface area contributed by atoms with Crippen molar-refractivity contribution in [3.05, 3.63) is 48.7 Å². The quantitative estimate of drug-likeness (QED) is 0.343. The molecule has 0 bridgehead atoms. The van der Waals surface area contributed by atoms with Crippen LogP contribution < -0.4 is 5.73 Å². The molecule has 0 aromatic rings. The van der Waals surface area contributed by atoms with Gasteiger partial charge in [0.1, 0.15) is 7.28 Å². The summed E-state index contributed by atoms with van der Waals surface area (Å²) < 4.78 is 0. The molecular weight excluding hydrogens is 205 g/mol. The van der Waals surface area contributed by atoms with Crippen molar-refractivity contribution in [3.63, 3.8) is 0 Å². The van der Waals surface area contributed by atoms with Crippen LogP contribution >= 0.6 is 0 Å². The second kappa shape index (κ2) is 11.3. The van der Waals surface area contributed by atoms with Crippen LogP contribution in [-0.2, 0) is 0 Å². The molecule has 0 atom stereocenters. The lowest BCUT2D eigenvalue weighted by Crippen LogP contribution is -1.93. The highest BCUT2D eigenvalue weighted by atomic mass is 14.5. The lowest BCUT2D eigenvalue weighted by atomic mass is 9.67. The lowest BCUT2D eigenvalue weighted by molar-refractivity contribution is 0.700. The predicted molar refractivity (Wildman–Crippen MR) is 81.7 cm³/mol. The zero-order chi connectivity index (χ0) is 12.9. The van der Waals surface area contributed by atoms with Crippen molar-refractivity contribution in [2.24, 2.45) is 5.73 Å². The Kier molecular flexibility index (Phi) is 10.5. The van der Waals surface area contributed by atoms with Crippen LogP contribution in [0.1, 0.15) is 32.6 Å². The maximum absolute atomic E-state index is 5.65. The molecule has 0 rings (SSSR count). The Morgan fingerprint density at radius 3 is 2.47 bits per heavy atom. The van der Waals surface area contributed by atoms with Crippen LogP contribution in [-0.4, -0.2) is 7.28 Å². The summed E-state index contributed by atoms with van der Waals surface area (Å²) in [6.45, 7) is 9.69. The Hall–Kier alpha value is -1.18. The molecule has 0 saturated heterocycles. The van der Waals surface area contributed by atoms with E-state index >= 15 is 0 Å². The molecule has 0 spiro atoms. The zero-order valence-corrected chi connectivity index (χ0v) is 11.3. The number of unbranched alkanes of at least 4 members (excludes halogenated alkanes) is 3. The molecule has 0 aliphatic heterocycles. The van der Waals surface area contributed by atoms with Crippen LogP contribution in [0.5, 0.6) is 0 Å². The number of nitrogens with two attached hydrogens (primary N) is 1. The highest BCUT2D eigenvalue weighted by Gasteiger charge is 1.95. The molecule has 0 aromatic heterocycles. The highest BCUT2D eigenvalue weighted by molar-refractivity contribution is 6.36. The fourth-order valence-corrected chi connectivity index (χ4v) is 1.63. The van der Waals surface area contributed by atoms with Gasteiger partial charge in [0, 0.05) is 5.70 Å². The third-order valence-electron chi connectivity index (χ3n) is 2.81. The summed E-state index contributed by atoms with van der Waals surface area (Å²) in [6.07, 6.45) is 15.3. The minimum absolute atomic E-state index is 0.701. The summed E-state index contributed by atoms with van der Waals surface area (Å²) in [5.74, 6) is 0. The van der Waals surface area contributed by atoms with Gasteiger partial charge in [-0.05, 0) is 12.2 Å². The maximum atomic E-state index is 5.65. The second-order valence-electron chi connectivity index (χ2n) is 4.33. The lowest BCUT2D eigenvalue weighted by Gasteiger charge is -2.00. The summed E-state index contributed by atoms with van der Waals surface area (Å²) in [5, 5.41) is 0. The molecule has 0 radical (unpaired) electrons. The van der Waals surface area contributed by atoms with E-state index in [1.54, 1.807) is 6.08 Å². The molecule has 0 aromatic carbocycles. The molecule has 94 valence electrons. The summed E-state index contributed by atoms with van der Waals surface area (Å²) in [7, 11) is 1.24. The molecule has 0 aliphatic carbocycles. The van der Waals surface area contributed by atoms with Gasteiger partial charge >= 0.3 is 0 Å². The summed E-state index contributed by atoms with van der Waals surface area (Å²) in [4.78, 5) is 0. The van der Waals surface area contributed by atoms with E-state index in [-0.39, 0.29) is 0 Å². The number of rotatable bonds is 10. The normalized spacial score (nSPS) is 12.3. The summed E-state index contributed by atoms with van der Waals surface area (Å²) >= 11 is 0. The van der Waals surface area contributed by atoms with Crippen molar-refractivity contribution in [1.82, 2.24) is 0 Å². The Bertz CT molecular complexity index is 277. The molecule has 0 aliphatic rings. The third-order valence-corrected chi connectivity index (χ3v) is 2.81. The van der Waals surface area contributed by atoms with Gasteiger partial charge in [-0.3, -0.25) is 0 Å². The van der Waals surface area contributed by atoms with Gasteiger partial charge in [-0.2, -0.15) is 0 Å². The molecule has 0 unspecified atom stereocenters. The smallest absolute Gasteiger partial charge is 0.125 e. The SMILES string of the molecule is C=C/C(=C\C=C(\N)C=C)CBCCCCCC. The van der Waals surface area contributed by atoms with Crippen molar-refractivity contribution < 1.29 is 0 Å². The van der Waals surface area contributed by atoms with Crippen molar-refractivity contribution in [2.45, 2.75) is 45.2 Å². The van der Waals surface area contributed by atoms with Crippen molar-refractivity contribution in [3.8, 4) is 0 Å². The molecule has 17 heavy (non-hydrogen) atoms. The van der Waals surface area contributed by atoms with Gasteiger partial charge < -0.3 is 5.73 Å². The second-order valence-corrected chi connectivity index (χ2v) is 4.33. The standard InChI is InChI=1S/C15H26BN/c1-4-7-8-9-12-16-13-14(5-2)10-11-15(17)6-3/h5-6,10-11,16H,2-4,7-9,12-13,17H2,1H3/b14-10+,15-11+. The van der Waals surface area contributed by atoms with Crippen LogP contribution in [0, 0.1) is 0 Å². The van der Waals surface area contributed by atoms with E-state index in [0.29, 0.717) is 5.70 Å². The first-order valence-electron chi connectivity index (χ1n) is 6.65. The molecule has 0 heterocycles. The minimum atomic E-state index is 0.701. The summed E-state index contributed by atoms with van der Waals surface area (Å²) in [5.41, 5.74) is 7.61. The maximum Gasteiger partial charge on any atom is 0.125 e.